The van der Waals surface area contributed by atoms with Crippen molar-refractivity contribution in [3.05, 3.63) is 42.0 Å². The SMILES string of the molecule is C=C(CO)C(CO[C@@H]1OC(CO)[C@@H](O)[C@@H](O)C1O)OC(=O)C=Cc1ccc(O)c(O)c1. The second-order valence-corrected chi connectivity index (χ2v) is 6.85. The molecule has 7 N–H and O–H groups in total. The van der Waals surface area contributed by atoms with E-state index in [0.29, 0.717) is 5.56 Å². The molecule has 1 heterocycles. The highest BCUT2D eigenvalue weighted by Gasteiger charge is 2.44. The van der Waals surface area contributed by atoms with E-state index < -0.39 is 62.6 Å². The number of benzene rings is 1. The Bertz CT molecular complexity index is 791. The molecule has 11 heteroatoms. The molecule has 2 rings (SSSR count). The number of aliphatic hydroxyl groups excluding tert-OH is 5. The third-order valence-corrected chi connectivity index (χ3v) is 4.59. The molecule has 0 radical (unpaired) electrons. The third kappa shape index (κ3) is 6.48. The van der Waals surface area contributed by atoms with E-state index in [-0.39, 0.29) is 17.1 Å². The van der Waals surface area contributed by atoms with Gasteiger partial charge >= 0.3 is 5.97 Å². The van der Waals surface area contributed by atoms with Crippen molar-refractivity contribution in [2.24, 2.45) is 0 Å². The lowest BCUT2D eigenvalue weighted by molar-refractivity contribution is -0.304. The Hall–Kier alpha value is -2.51. The van der Waals surface area contributed by atoms with Crippen LogP contribution in [-0.2, 0) is 19.0 Å². The predicted molar refractivity (Wildman–Crippen MR) is 105 cm³/mol. The van der Waals surface area contributed by atoms with Gasteiger partial charge in [0.25, 0.3) is 0 Å². The summed E-state index contributed by atoms with van der Waals surface area (Å²) in [4.78, 5) is 12.1. The molecule has 172 valence electrons. The Morgan fingerprint density at radius 2 is 1.84 bits per heavy atom. The number of carbonyl (C=O) groups excluding carboxylic acids is 1. The fourth-order valence-corrected chi connectivity index (χ4v) is 2.71. The number of esters is 1. The number of phenols is 2. The highest BCUT2D eigenvalue weighted by molar-refractivity contribution is 5.87. The van der Waals surface area contributed by atoms with Gasteiger partial charge in [-0.25, -0.2) is 4.79 Å². The number of carbonyl (C=O) groups is 1. The Balaban J connectivity index is 2.00. The molecule has 0 saturated carbocycles. The van der Waals surface area contributed by atoms with Crippen LogP contribution in [0.15, 0.2) is 36.4 Å². The molecule has 1 saturated heterocycles. The molecule has 3 unspecified atom stereocenters. The molecule has 0 spiro atoms. The second kappa shape index (κ2) is 11.2. The van der Waals surface area contributed by atoms with Crippen LogP contribution in [0, 0.1) is 0 Å². The van der Waals surface area contributed by atoms with Crippen molar-refractivity contribution >= 4 is 12.0 Å². The normalized spacial score (nSPS) is 27.2. The molecule has 31 heavy (non-hydrogen) atoms. The van der Waals surface area contributed by atoms with Crippen molar-refractivity contribution in [2.45, 2.75) is 36.8 Å². The molecular formula is C20H26O11. The van der Waals surface area contributed by atoms with Crippen molar-refractivity contribution in [3.63, 3.8) is 0 Å². The van der Waals surface area contributed by atoms with Gasteiger partial charge < -0.3 is 50.0 Å². The van der Waals surface area contributed by atoms with Gasteiger partial charge in [0.15, 0.2) is 17.8 Å². The number of aliphatic hydroxyl groups is 5. The number of hydrogen-bond donors (Lipinski definition) is 7. The summed E-state index contributed by atoms with van der Waals surface area (Å²) >= 11 is 0. The first-order valence-electron chi connectivity index (χ1n) is 9.29. The Labute approximate surface area is 177 Å². The average Bonchev–Trinajstić information content (AvgIpc) is 2.76. The standard InChI is InChI=1S/C20H26O11/c1-10(7-21)15(9-29-20-19(28)18(27)17(26)14(8-22)31-20)30-16(25)5-3-11-2-4-12(23)13(24)6-11/h2-6,14-15,17-24,26-28H,1,7-9H2/t14?,15?,17-,18-,19?,20-/m1/s1. The first-order valence-corrected chi connectivity index (χ1v) is 9.29. The van der Waals surface area contributed by atoms with Gasteiger partial charge in [-0.2, -0.15) is 0 Å². The van der Waals surface area contributed by atoms with Gasteiger partial charge in [-0.15, -0.1) is 0 Å². The molecule has 1 aromatic rings. The zero-order chi connectivity index (χ0) is 23.1. The van der Waals surface area contributed by atoms with Crippen LogP contribution in [0.5, 0.6) is 11.5 Å². The predicted octanol–water partition coefficient (Wildman–Crippen LogP) is -1.61. The summed E-state index contributed by atoms with van der Waals surface area (Å²) in [7, 11) is 0. The molecule has 11 nitrogen and oxygen atoms in total. The van der Waals surface area contributed by atoms with E-state index in [2.05, 4.69) is 6.58 Å². The molecule has 6 atom stereocenters. The van der Waals surface area contributed by atoms with Crippen molar-refractivity contribution in [1.82, 2.24) is 0 Å². The monoisotopic (exact) mass is 442 g/mol. The van der Waals surface area contributed by atoms with Crippen LogP contribution in [0.4, 0.5) is 0 Å². The molecule has 1 aliphatic rings. The smallest absolute Gasteiger partial charge is 0.331 e. The maximum atomic E-state index is 12.1. The summed E-state index contributed by atoms with van der Waals surface area (Å²) in [6.07, 6.45) is -6.24. The number of phenolic OH excluding ortho intramolecular Hbond substituents is 2. The lowest BCUT2D eigenvalue weighted by atomic mass is 9.99. The fraction of sp³-hybridized carbons (Fsp3) is 0.450. The van der Waals surface area contributed by atoms with Crippen LogP contribution in [0.25, 0.3) is 6.08 Å². The summed E-state index contributed by atoms with van der Waals surface area (Å²) in [5.74, 6) is -1.52. The largest absolute Gasteiger partial charge is 0.504 e. The van der Waals surface area contributed by atoms with Gasteiger partial charge in [-0.3, -0.25) is 0 Å². The molecule has 1 aliphatic heterocycles. The quantitative estimate of drug-likeness (QED) is 0.101. The molecule has 0 bridgehead atoms. The van der Waals surface area contributed by atoms with E-state index in [9.17, 15) is 40.5 Å². The Morgan fingerprint density at radius 3 is 2.45 bits per heavy atom. The first-order chi connectivity index (χ1) is 14.7. The van der Waals surface area contributed by atoms with E-state index in [1.807, 2.05) is 0 Å². The Morgan fingerprint density at radius 1 is 1.13 bits per heavy atom. The van der Waals surface area contributed by atoms with E-state index in [1.165, 1.54) is 24.3 Å². The number of hydrogen-bond acceptors (Lipinski definition) is 11. The minimum atomic E-state index is -1.64. The van der Waals surface area contributed by atoms with Crippen LogP contribution >= 0.6 is 0 Å². The number of ether oxygens (including phenoxy) is 3. The molecular weight excluding hydrogens is 416 g/mol. The molecule has 0 aromatic heterocycles. The summed E-state index contributed by atoms with van der Waals surface area (Å²) in [6, 6.07) is 3.92. The number of rotatable bonds is 9. The van der Waals surface area contributed by atoms with Crippen LogP contribution in [-0.4, -0.2) is 98.3 Å². The summed E-state index contributed by atoms with van der Waals surface area (Å²) in [6.45, 7) is 2.00. The highest BCUT2D eigenvalue weighted by Crippen LogP contribution is 2.25. The second-order valence-electron chi connectivity index (χ2n) is 6.85. The minimum absolute atomic E-state index is 0.0774. The van der Waals surface area contributed by atoms with Crippen molar-refractivity contribution in [1.29, 1.82) is 0 Å². The van der Waals surface area contributed by atoms with E-state index in [4.69, 9.17) is 14.2 Å². The maximum absolute atomic E-state index is 12.1. The van der Waals surface area contributed by atoms with Crippen molar-refractivity contribution in [2.75, 3.05) is 19.8 Å². The maximum Gasteiger partial charge on any atom is 0.331 e. The van der Waals surface area contributed by atoms with Crippen molar-refractivity contribution < 1.29 is 54.8 Å². The van der Waals surface area contributed by atoms with Gasteiger partial charge in [-0.05, 0) is 29.3 Å². The van der Waals surface area contributed by atoms with Crippen molar-refractivity contribution in [3.8, 4) is 11.5 Å². The molecule has 1 aromatic carbocycles. The lowest BCUT2D eigenvalue weighted by Crippen LogP contribution is -2.59. The zero-order valence-electron chi connectivity index (χ0n) is 16.4. The topological polar surface area (TPSA) is 186 Å². The summed E-state index contributed by atoms with van der Waals surface area (Å²) in [5, 5.41) is 66.9. The lowest BCUT2D eigenvalue weighted by Gasteiger charge is -2.39. The van der Waals surface area contributed by atoms with Gasteiger partial charge in [-0.1, -0.05) is 12.6 Å². The average molecular weight is 442 g/mol. The summed E-state index contributed by atoms with van der Waals surface area (Å²) in [5.41, 5.74) is 0.482. The van der Waals surface area contributed by atoms with Crippen LogP contribution < -0.4 is 0 Å². The van der Waals surface area contributed by atoms with Gasteiger partial charge in [0.2, 0.25) is 0 Å². The minimum Gasteiger partial charge on any atom is -0.504 e. The van der Waals surface area contributed by atoms with Gasteiger partial charge in [0.1, 0.15) is 30.5 Å². The summed E-state index contributed by atoms with van der Waals surface area (Å²) < 4.78 is 15.7. The Kier molecular flexibility index (Phi) is 8.95. The molecule has 0 amide bonds. The molecule has 0 aliphatic carbocycles. The highest BCUT2D eigenvalue weighted by atomic mass is 16.7. The zero-order valence-corrected chi connectivity index (χ0v) is 16.4. The van der Waals surface area contributed by atoms with E-state index in [1.54, 1.807) is 0 Å². The fourth-order valence-electron chi connectivity index (χ4n) is 2.71. The van der Waals surface area contributed by atoms with Crippen LogP contribution in [0.2, 0.25) is 0 Å². The van der Waals surface area contributed by atoms with E-state index >= 15 is 0 Å². The third-order valence-electron chi connectivity index (χ3n) is 4.59. The van der Waals surface area contributed by atoms with E-state index in [0.717, 1.165) is 6.08 Å². The van der Waals surface area contributed by atoms with Crippen LogP contribution in [0.3, 0.4) is 0 Å². The molecule has 1 fully saturated rings. The van der Waals surface area contributed by atoms with Gasteiger partial charge in [0, 0.05) is 6.08 Å². The number of aromatic hydroxyl groups is 2. The van der Waals surface area contributed by atoms with Gasteiger partial charge in [0.05, 0.1) is 19.8 Å². The van der Waals surface area contributed by atoms with Crippen LogP contribution in [0.1, 0.15) is 5.56 Å². The first kappa shape index (κ1) is 24.8.